The Morgan fingerprint density at radius 3 is 2.59 bits per heavy atom. The highest BCUT2D eigenvalue weighted by Crippen LogP contribution is 2.19. The van der Waals surface area contributed by atoms with E-state index >= 15 is 0 Å². The summed E-state index contributed by atoms with van der Waals surface area (Å²) in [4.78, 5) is 19.4. The van der Waals surface area contributed by atoms with Gasteiger partial charge >= 0.3 is 0 Å². The maximum Gasteiger partial charge on any atom is 0.253 e. The number of amides is 1. The van der Waals surface area contributed by atoms with Gasteiger partial charge in [0.15, 0.2) is 0 Å². The summed E-state index contributed by atoms with van der Waals surface area (Å²) < 4.78 is 0. The standard InChI is InChI=1S/C12H12N4O/c1-13-12(17)10-4-2-3-5-11(10)16-9-6-14-8-15-7-9/h2-8,16H,1H3,(H,13,17). The Hall–Kier alpha value is -2.43. The van der Waals surface area contributed by atoms with Gasteiger partial charge in [-0.1, -0.05) is 12.1 Å². The van der Waals surface area contributed by atoms with Gasteiger partial charge in [-0.2, -0.15) is 0 Å². The van der Waals surface area contributed by atoms with Gasteiger partial charge in [-0.15, -0.1) is 0 Å². The smallest absolute Gasteiger partial charge is 0.253 e. The number of carbonyl (C=O) groups is 1. The van der Waals surface area contributed by atoms with Crippen LogP contribution in [-0.4, -0.2) is 22.9 Å². The van der Waals surface area contributed by atoms with Crippen molar-refractivity contribution in [1.29, 1.82) is 0 Å². The summed E-state index contributed by atoms with van der Waals surface area (Å²) in [6.45, 7) is 0. The molecule has 0 bridgehead atoms. The fraction of sp³-hybridized carbons (Fsp3) is 0.0833. The second kappa shape index (κ2) is 5.07. The van der Waals surface area contributed by atoms with Crippen molar-refractivity contribution in [2.24, 2.45) is 0 Å². The minimum atomic E-state index is -0.134. The molecule has 0 spiro atoms. The summed E-state index contributed by atoms with van der Waals surface area (Å²) in [6, 6.07) is 7.26. The number of para-hydroxylation sites is 1. The van der Waals surface area contributed by atoms with E-state index in [1.54, 1.807) is 25.5 Å². The van der Waals surface area contributed by atoms with Crippen LogP contribution in [0.5, 0.6) is 0 Å². The van der Waals surface area contributed by atoms with Gasteiger partial charge in [0, 0.05) is 7.05 Å². The van der Waals surface area contributed by atoms with Gasteiger partial charge in [-0.25, -0.2) is 9.97 Å². The molecular weight excluding hydrogens is 216 g/mol. The molecule has 17 heavy (non-hydrogen) atoms. The maximum atomic E-state index is 11.6. The van der Waals surface area contributed by atoms with Crippen molar-refractivity contribution in [3.63, 3.8) is 0 Å². The third-order valence-corrected chi connectivity index (χ3v) is 2.24. The Kier molecular flexibility index (Phi) is 3.30. The molecule has 0 fully saturated rings. The normalized spacial score (nSPS) is 9.71. The van der Waals surface area contributed by atoms with Crippen LogP contribution >= 0.6 is 0 Å². The Morgan fingerprint density at radius 1 is 1.18 bits per heavy atom. The molecule has 0 aliphatic rings. The first-order valence-electron chi connectivity index (χ1n) is 5.14. The van der Waals surface area contributed by atoms with Crippen molar-refractivity contribution in [2.75, 3.05) is 12.4 Å². The van der Waals surface area contributed by atoms with Crippen molar-refractivity contribution in [2.45, 2.75) is 0 Å². The lowest BCUT2D eigenvalue weighted by Gasteiger charge is -2.10. The molecule has 5 heteroatoms. The zero-order valence-electron chi connectivity index (χ0n) is 9.34. The van der Waals surface area contributed by atoms with Crippen LogP contribution in [0.4, 0.5) is 11.4 Å². The molecule has 5 nitrogen and oxygen atoms in total. The van der Waals surface area contributed by atoms with Gasteiger partial charge in [-0.05, 0) is 12.1 Å². The summed E-state index contributed by atoms with van der Waals surface area (Å²) in [5.74, 6) is -0.134. The predicted molar refractivity (Wildman–Crippen MR) is 65.1 cm³/mol. The summed E-state index contributed by atoms with van der Waals surface area (Å²) in [6.07, 6.45) is 4.75. The van der Waals surface area contributed by atoms with E-state index in [9.17, 15) is 4.79 Å². The number of nitrogens with zero attached hydrogens (tertiary/aromatic N) is 2. The molecule has 1 aromatic heterocycles. The number of rotatable bonds is 3. The maximum absolute atomic E-state index is 11.6. The van der Waals surface area contributed by atoms with Crippen LogP contribution in [-0.2, 0) is 0 Å². The van der Waals surface area contributed by atoms with Gasteiger partial charge in [0.2, 0.25) is 0 Å². The first-order chi connectivity index (χ1) is 8.31. The van der Waals surface area contributed by atoms with E-state index in [1.165, 1.54) is 6.33 Å². The molecule has 2 aromatic rings. The fourth-order valence-electron chi connectivity index (χ4n) is 1.44. The molecule has 0 unspecified atom stereocenters. The van der Waals surface area contributed by atoms with Gasteiger partial charge < -0.3 is 10.6 Å². The molecule has 0 atom stereocenters. The van der Waals surface area contributed by atoms with E-state index in [1.807, 2.05) is 18.2 Å². The molecule has 0 saturated heterocycles. The Bertz CT molecular complexity index is 513. The van der Waals surface area contributed by atoms with Gasteiger partial charge in [0.1, 0.15) is 6.33 Å². The largest absolute Gasteiger partial charge is 0.355 e. The highest BCUT2D eigenvalue weighted by atomic mass is 16.1. The van der Waals surface area contributed by atoms with Crippen molar-refractivity contribution in [3.8, 4) is 0 Å². The van der Waals surface area contributed by atoms with Crippen molar-refractivity contribution < 1.29 is 4.79 Å². The molecule has 2 rings (SSSR count). The molecule has 86 valence electrons. The molecule has 1 aromatic carbocycles. The molecular formula is C12H12N4O. The number of nitrogens with one attached hydrogen (secondary N) is 2. The molecule has 0 aliphatic heterocycles. The van der Waals surface area contributed by atoms with Crippen LogP contribution in [0.1, 0.15) is 10.4 Å². The number of hydrogen-bond donors (Lipinski definition) is 2. The van der Waals surface area contributed by atoms with E-state index in [0.717, 1.165) is 11.4 Å². The SMILES string of the molecule is CNC(=O)c1ccccc1Nc1cncnc1. The van der Waals surface area contributed by atoms with Crippen LogP contribution in [0, 0.1) is 0 Å². The zero-order valence-corrected chi connectivity index (χ0v) is 9.34. The lowest BCUT2D eigenvalue weighted by Crippen LogP contribution is -2.19. The van der Waals surface area contributed by atoms with Crippen molar-refractivity contribution >= 4 is 17.3 Å². The monoisotopic (exact) mass is 228 g/mol. The summed E-state index contributed by atoms with van der Waals surface area (Å²) >= 11 is 0. The van der Waals surface area contributed by atoms with E-state index in [2.05, 4.69) is 20.6 Å². The Labute approximate surface area is 98.9 Å². The van der Waals surface area contributed by atoms with Crippen LogP contribution in [0.25, 0.3) is 0 Å². The van der Waals surface area contributed by atoms with Crippen LogP contribution < -0.4 is 10.6 Å². The molecule has 2 N–H and O–H groups in total. The summed E-state index contributed by atoms with van der Waals surface area (Å²) in [5.41, 5.74) is 2.05. The molecule has 0 aliphatic carbocycles. The lowest BCUT2D eigenvalue weighted by molar-refractivity contribution is 0.0964. The highest BCUT2D eigenvalue weighted by molar-refractivity contribution is 6.00. The second-order valence-corrected chi connectivity index (χ2v) is 3.38. The average molecular weight is 228 g/mol. The summed E-state index contributed by atoms with van der Waals surface area (Å²) in [5, 5.41) is 5.70. The lowest BCUT2D eigenvalue weighted by atomic mass is 10.1. The van der Waals surface area contributed by atoms with Crippen LogP contribution in [0.15, 0.2) is 43.0 Å². The number of carbonyl (C=O) groups excluding carboxylic acids is 1. The summed E-state index contributed by atoms with van der Waals surface area (Å²) in [7, 11) is 1.60. The zero-order chi connectivity index (χ0) is 12.1. The van der Waals surface area contributed by atoms with Crippen molar-refractivity contribution in [1.82, 2.24) is 15.3 Å². The van der Waals surface area contributed by atoms with E-state index < -0.39 is 0 Å². The van der Waals surface area contributed by atoms with E-state index in [0.29, 0.717) is 5.56 Å². The van der Waals surface area contributed by atoms with Gasteiger partial charge in [0.25, 0.3) is 5.91 Å². The molecule has 1 heterocycles. The quantitative estimate of drug-likeness (QED) is 0.837. The third kappa shape index (κ3) is 2.57. The number of anilines is 2. The second-order valence-electron chi connectivity index (χ2n) is 3.38. The molecule has 0 radical (unpaired) electrons. The Balaban J connectivity index is 2.30. The first kappa shape index (κ1) is 11.1. The van der Waals surface area contributed by atoms with Gasteiger partial charge in [-0.3, -0.25) is 4.79 Å². The third-order valence-electron chi connectivity index (χ3n) is 2.24. The average Bonchev–Trinajstić information content (AvgIpc) is 2.40. The number of hydrogen-bond acceptors (Lipinski definition) is 4. The Morgan fingerprint density at radius 2 is 1.88 bits per heavy atom. The van der Waals surface area contributed by atoms with Gasteiger partial charge in [0.05, 0.1) is 29.3 Å². The molecule has 1 amide bonds. The first-order valence-corrected chi connectivity index (χ1v) is 5.14. The predicted octanol–water partition coefficient (Wildman–Crippen LogP) is 1.58. The van der Waals surface area contributed by atoms with Crippen molar-refractivity contribution in [3.05, 3.63) is 48.5 Å². The van der Waals surface area contributed by atoms with Crippen LogP contribution in [0.2, 0.25) is 0 Å². The minimum Gasteiger partial charge on any atom is -0.355 e. The van der Waals surface area contributed by atoms with E-state index in [-0.39, 0.29) is 5.91 Å². The highest BCUT2D eigenvalue weighted by Gasteiger charge is 2.08. The fourth-order valence-corrected chi connectivity index (χ4v) is 1.44. The number of benzene rings is 1. The molecule has 0 saturated carbocycles. The topological polar surface area (TPSA) is 66.9 Å². The number of aromatic nitrogens is 2. The van der Waals surface area contributed by atoms with E-state index in [4.69, 9.17) is 0 Å². The van der Waals surface area contributed by atoms with Crippen LogP contribution in [0.3, 0.4) is 0 Å². The minimum absolute atomic E-state index is 0.134.